The highest BCUT2D eigenvalue weighted by Crippen LogP contribution is 2.28. The fourth-order valence-corrected chi connectivity index (χ4v) is 2.13. The van der Waals surface area contributed by atoms with Crippen molar-refractivity contribution in [2.75, 3.05) is 5.75 Å². The van der Waals surface area contributed by atoms with Crippen LogP contribution in [0, 0.1) is 0 Å². The Morgan fingerprint density at radius 3 is 3.00 bits per heavy atom. The van der Waals surface area contributed by atoms with E-state index in [1.54, 1.807) is 18.2 Å². The Labute approximate surface area is 120 Å². The molecule has 0 amide bonds. The summed E-state index contributed by atoms with van der Waals surface area (Å²) in [6.07, 6.45) is 0. The lowest BCUT2D eigenvalue weighted by Crippen LogP contribution is -1.97. The van der Waals surface area contributed by atoms with Gasteiger partial charge in [-0.1, -0.05) is 28.5 Å². The van der Waals surface area contributed by atoms with Crippen molar-refractivity contribution in [1.82, 2.24) is 10.1 Å². The maximum absolute atomic E-state index is 10.4. The molecule has 0 radical (unpaired) electrons. The fraction of sp³-hybridized carbons (Fsp3) is 0.100. The minimum atomic E-state index is -0.936. The second-order valence-electron chi connectivity index (χ2n) is 3.20. The second kappa shape index (κ2) is 5.73. The Morgan fingerprint density at radius 2 is 2.33 bits per heavy atom. The molecule has 0 fully saturated rings. The highest BCUT2D eigenvalue weighted by Gasteiger charge is 2.11. The van der Waals surface area contributed by atoms with Crippen LogP contribution < -0.4 is 0 Å². The van der Waals surface area contributed by atoms with Crippen molar-refractivity contribution >= 4 is 45.3 Å². The number of halogens is 2. The monoisotopic (exact) mass is 348 g/mol. The number of nitrogens with zero attached hydrogens (tertiary/aromatic N) is 2. The Kier molecular flexibility index (Phi) is 4.26. The Balaban J connectivity index is 2.18. The molecule has 0 atom stereocenters. The number of hydrogen-bond acceptors (Lipinski definition) is 5. The van der Waals surface area contributed by atoms with Gasteiger partial charge in [0.15, 0.2) is 0 Å². The average Bonchev–Trinajstić information content (AvgIpc) is 2.79. The normalized spacial score (nSPS) is 10.6. The Hall–Kier alpha value is -1.05. The molecule has 5 nitrogen and oxygen atoms in total. The van der Waals surface area contributed by atoms with E-state index in [9.17, 15) is 4.79 Å². The first-order chi connectivity index (χ1) is 8.56. The van der Waals surface area contributed by atoms with E-state index in [2.05, 4.69) is 26.1 Å². The first-order valence-electron chi connectivity index (χ1n) is 4.70. The van der Waals surface area contributed by atoms with Gasteiger partial charge in [0.05, 0.1) is 5.02 Å². The van der Waals surface area contributed by atoms with Crippen LogP contribution in [0.25, 0.3) is 11.4 Å². The second-order valence-corrected chi connectivity index (χ2v) is 5.38. The largest absolute Gasteiger partial charge is 0.481 e. The standard InChI is InChI=1S/C10H6BrClN2O3S/c11-6-3-5(1-2-7(6)12)9-13-10(17-14-9)18-4-8(15)16/h1-3H,4H2,(H,15,16). The fourth-order valence-electron chi connectivity index (χ4n) is 1.14. The van der Waals surface area contributed by atoms with Gasteiger partial charge in [0, 0.05) is 10.0 Å². The lowest BCUT2D eigenvalue weighted by Gasteiger charge is -1.97. The van der Waals surface area contributed by atoms with Gasteiger partial charge in [-0.3, -0.25) is 4.79 Å². The van der Waals surface area contributed by atoms with Crippen LogP contribution in [-0.4, -0.2) is 27.0 Å². The van der Waals surface area contributed by atoms with Crippen molar-refractivity contribution in [2.24, 2.45) is 0 Å². The van der Waals surface area contributed by atoms with Crippen LogP contribution in [0.2, 0.25) is 5.02 Å². The molecule has 1 aromatic heterocycles. The summed E-state index contributed by atoms with van der Waals surface area (Å²) in [7, 11) is 0. The number of rotatable bonds is 4. The molecule has 0 aliphatic heterocycles. The molecule has 94 valence electrons. The Bertz CT molecular complexity index is 590. The minimum Gasteiger partial charge on any atom is -0.481 e. The maximum atomic E-state index is 10.4. The summed E-state index contributed by atoms with van der Waals surface area (Å²) in [5.74, 6) is -0.666. The SMILES string of the molecule is O=C(O)CSc1nc(-c2ccc(Cl)c(Br)c2)no1. The van der Waals surface area contributed by atoms with Crippen molar-refractivity contribution in [3.63, 3.8) is 0 Å². The first kappa shape index (κ1) is 13.4. The third-order valence-corrected chi connectivity index (χ3v) is 3.92. The van der Waals surface area contributed by atoms with Gasteiger partial charge in [-0.05, 0) is 34.1 Å². The summed E-state index contributed by atoms with van der Waals surface area (Å²) in [6, 6.07) is 5.23. The van der Waals surface area contributed by atoms with E-state index >= 15 is 0 Å². The van der Waals surface area contributed by atoms with Crippen LogP contribution in [0.3, 0.4) is 0 Å². The maximum Gasteiger partial charge on any atom is 0.314 e. The number of carboxylic acids is 1. The van der Waals surface area contributed by atoms with Gasteiger partial charge in [-0.2, -0.15) is 4.98 Å². The zero-order valence-corrected chi connectivity index (χ0v) is 11.9. The van der Waals surface area contributed by atoms with Crippen molar-refractivity contribution < 1.29 is 14.4 Å². The number of benzene rings is 1. The van der Waals surface area contributed by atoms with E-state index < -0.39 is 5.97 Å². The predicted molar refractivity (Wildman–Crippen MR) is 70.8 cm³/mol. The van der Waals surface area contributed by atoms with Crippen molar-refractivity contribution in [3.8, 4) is 11.4 Å². The molecule has 1 N–H and O–H groups in total. The van der Waals surface area contributed by atoms with E-state index in [0.29, 0.717) is 10.8 Å². The summed E-state index contributed by atoms with van der Waals surface area (Å²) in [5, 5.41) is 13.1. The summed E-state index contributed by atoms with van der Waals surface area (Å²) in [4.78, 5) is 14.5. The first-order valence-corrected chi connectivity index (χ1v) is 6.85. The molecule has 2 rings (SSSR count). The van der Waals surface area contributed by atoms with Crippen LogP contribution >= 0.6 is 39.3 Å². The zero-order valence-electron chi connectivity index (χ0n) is 8.76. The summed E-state index contributed by atoms with van der Waals surface area (Å²) < 4.78 is 5.66. The van der Waals surface area contributed by atoms with Gasteiger partial charge < -0.3 is 9.63 Å². The molecular formula is C10H6BrClN2O3S. The smallest absolute Gasteiger partial charge is 0.314 e. The molecule has 1 heterocycles. The molecule has 0 bridgehead atoms. The highest BCUT2D eigenvalue weighted by atomic mass is 79.9. The lowest BCUT2D eigenvalue weighted by atomic mass is 10.2. The number of carboxylic acid groups (broad SMARTS) is 1. The van der Waals surface area contributed by atoms with E-state index in [0.717, 1.165) is 21.8 Å². The third kappa shape index (κ3) is 3.24. The van der Waals surface area contributed by atoms with Crippen LogP contribution in [-0.2, 0) is 4.79 Å². The topological polar surface area (TPSA) is 76.2 Å². The molecule has 0 spiro atoms. The molecule has 0 saturated heterocycles. The molecule has 0 unspecified atom stereocenters. The number of aromatic nitrogens is 2. The van der Waals surface area contributed by atoms with Gasteiger partial charge >= 0.3 is 5.97 Å². The molecule has 0 saturated carbocycles. The Morgan fingerprint density at radius 1 is 1.56 bits per heavy atom. The third-order valence-electron chi connectivity index (χ3n) is 1.90. The van der Waals surface area contributed by atoms with Crippen LogP contribution in [0.4, 0.5) is 0 Å². The van der Waals surface area contributed by atoms with Crippen molar-refractivity contribution in [1.29, 1.82) is 0 Å². The van der Waals surface area contributed by atoms with Crippen LogP contribution in [0.1, 0.15) is 0 Å². The predicted octanol–water partition coefficient (Wildman–Crippen LogP) is 3.33. The lowest BCUT2D eigenvalue weighted by molar-refractivity contribution is -0.133. The zero-order chi connectivity index (χ0) is 13.1. The summed E-state index contributed by atoms with van der Waals surface area (Å²) >= 11 is 10.2. The molecule has 18 heavy (non-hydrogen) atoms. The van der Waals surface area contributed by atoms with Crippen molar-refractivity contribution in [2.45, 2.75) is 5.22 Å². The molecular weight excluding hydrogens is 344 g/mol. The van der Waals surface area contributed by atoms with Gasteiger partial charge in [0.2, 0.25) is 5.82 Å². The highest BCUT2D eigenvalue weighted by molar-refractivity contribution is 9.10. The molecule has 2 aromatic rings. The summed E-state index contributed by atoms with van der Waals surface area (Å²) in [6.45, 7) is 0. The number of aliphatic carboxylic acids is 1. The van der Waals surface area contributed by atoms with Crippen molar-refractivity contribution in [3.05, 3.63) is 27.7 Å². The minimum absolute atomic E-state index is 0.119. The number of hydrogen-bond donors (Lipinski definition) is 1. The average molecular weight is 350 g/mol. The van der Waals surface area contributed by atoms with E-state index in [1.165, 1.54) is 0 Å². The van der Waals surface area contributed by atoms with E-state index in [4.69, 9.17) is 21.2 Å². The van der Waals surface area contributed by atoms with E-state index in [1.807, 2.05) is 0 Å². The molecule has 0 aliphatic rings. The quantitative estimate of drug-likeness (QED) is 0.853. The molecule has 0 aliphatic carbocycles. The number of thioether (sulfide) groups is 1. The van der Waals surface area contributed by atoms with Gasteiger partial charge in [-0.25, -0.2) is 0 Å². The van der Waals surface area contributed by atoms with Gasteiger partial charge in [0.25, 0.3) is 5.22 Å². The van der Waals surface area contributed by atoms with E-state index in [-0.39, 0.29) is 11.0 Å². The van der Waals surface area contributed by atoms with Crippen LogP contribution in [0.15, 0.2) is 32.4 Å². The molecule has 1 aromatic carbocycles. The van der Waals surface area contributed by atoms with Gasteiger partial charge in [-0.15, -0.1) is 0 Å². The molecule has 8 heteroatoms. The number of carbonyl (C=O) groups is 1. The van der Waals surface area contributed by atoms with Gasteiger partial charge in [0.1, 0.15) is 5.75 Å². The van der Waals surface area contributed by atoms with Crippen LogP contribution in [0.5, 0.6) is 0 Å². The summed E-state index contributed by atoms with van der Waals surface area (Å²) in [5.41, 5.74) is 0.734.